The van der Waals surface area contributed by atoms with Crippen LogP contribution in [0, 0.1) is 0 Å². The molecule has 0 bridgehead atoms. The Kier molecular flexibility index (Phi) is 3.02. The van der Waals surface area contributed by atoms with Gasteiger partial charge in [0.2, 0.25) is 0 Å². The molecule has 9 heteroatoms. The molecule has 106 valence electrons. The van der Waals surface area contributed by atoms with E-state index < -0.39 is 16.2 Å². The van der Waals surface area contributed by atoms with Gasteiger partial charge in [-0.05, 0) is 25.0 Å². The number of pyridine rings is 1. The third-order valence-electron chi connectivity index (χ3n) is 3.16. The van der Waals surface area contributed by atoms with Crippen molar-refractivity contribution in [2.75, 3.05) is 0 Å². The summed E-state index contributed by atoms with van der Waals surface area (Å²) in [6.07, 6.45) is 1.26. The van der Waals surface area contributed by atoms with E-state index in [-0.39, 0.29) is 16.8 Å². The highest BCUT2D eigenvalue weighted by Crippen LogP contribution is 2.37. The molecule has 0 spiro atoms. The zero-order valence-corrected chi connectivity index (χ0v) is 11.0. The van der Waals surface area contributed by atoms with Gasteiger partial charge < -0.3 is 4.52 Å². The van der Waals surface area contributed by atoms with Crippen LogP contribution in [0.5, 0.6) is 0 Å². The van der Waals surface area contributed by atoms with Crippen molar-refractivity contribution >= 4 is 10.0 Å². The molecule has 3 rings (SSSR count). The molecule has 1 saturated carbocycles. The lowest BCUT2D eigenvalue weighted by Crippen LogP contribution is -2.23. The summed E-state index contributed by atoms with van der Waals surface area (Å²) in [4.78, 5) is 7.82. The molecule has 0 amide bonds. The number of rotatable bonds is 3. The summed E-state index contributed by atoms with van der Waals surface area (Å²) < 4.78 is 40.3. The monoisotopic (exact) mass is 298 g/mol. The molecule has 7 nitrogen and oxygen atoms in total. The zero-order chi connectivity index (χ0) is 14.3. The topological polar surface area (TPSA) is 112 Å². The molecule has 2 heterocycles. The van der Waals surface area contributed by atoms with Crippen LogP contribution in [0.2, 0.25) is 0 Å². The summed E-state index contributed by atoms with van der Waals surface area (Å²) in [6, 6.07) is 2.79. The lowest BCUT2D eigenvalue weighted by molar-refractivity contribution is 0.171. The molecule has 1 aliphatic carbocycles. The normalized spacial score (nSPS) is 22.5. The van der Waals surface area contributed by atoms with Crippen molar-refractivity contribution in [2.24, 2.45) is 5.14 Å². The number of primary sulfonamides is 1. The Morgan fingerprint density at radius 2 is 2.15 bits per heavy atom. The van der Waals surface area contributed by atoms with Crippen molar-refractivity contribution in [1.29, 1.82) is 0 Å². The minimum atomic E-state index is -3.89. The SMILES string of the molecule is NS(=O)(=O)c1cc(-c2nc(C3CC(F)C3)no2)ccn1. The third kappa shape index (κ3) is 2.41. The van der Waals surface area contributed by atoms with Gasteiger partial charge in [-0.1, -0.05) is 5.16 Å². The van der Waals surface area contributed by atoms with Crippen molar-refractivity contribution in [3.63, 3.8) is 0 Å². The van der Waals surface area contributed by atoms with Crippen molar-refractivity contribution in [3.05, 3.63) is 24.2 Å². The fraction of sp³-hybridized carbons (Fsp3) is 0.364. The Bertz CT molecular complexity index is 740. The summed E-state index contributed by atoms with van der Waals surface area (Å²) in [5.41, 5.74) is 0.402. The minimum Gasteiger partial charge on any atom is -0.334 e. The quantitative estimate of drug-likeness (QED) is 0.904. The first-order valence-corrected chi connectivity index (χ1v) is 7.45. The van der Waals surface area contributed by atoms with E-state index in [0.717, 1.165) is 0 Å². The molecule has 2 aromatic heterocycles. The molecular formula is C11H11FN4O3S. The van der Waals surface area contributed by atoms with E-state index in [1.54, 1.807) is 0 Å². The zero-order valence-electron chi connectivity index (χ0n) is 10.2. The fourth-order valence-corrected chi connectivity index (χ4v) is 2.47. The van der Waals surface area contributed by atoms with Crippen molar-refractivity contribution in [2.45, 2.75) is 30.0 Å². The maximum Gasteiger partial charge on any atom is 0.258 e. The highest BCUT2D eigenvalue weighted by Gasteiger charge is 2.33. The Hall–Kier alpha value is -1.87. The third-order valence-corrected chi connectivity index (χ3v) is 3.97. The average molecular weight is 298 g/mol. The average Bonchev–Trinajstić information content (AvgIpc) is 2.83. The van der Waals surface area contributed by atoms with E-state index in [0.29, 0.717) is 24.2 Å². The molecule has 20 heavy (non-hydrogen) atoms. The van der Waals surface area contributed by atoms with Gasteiger partial charge in [0.15, 0.2) is 10.9 Å². The predicted octanol–water partition coefficient (Wildman–Crippen LogP) is 0.995. The van der Waals surface area contributed by atoms with Crippen LogP contribution < -0.4 is 5.14 Å². The maximum absolute atomic E-state index is 12.8. The largest absolute Gasteiger partial charge is 0.334 e. The van der Waals surface area contributed by atoms with Crippen LogP contribution in [-0.4, -0.2) is 29.7 Å². The van der Waals surface area contributed by atoms with E-state index in [9.17, 15) is 12.8 Å². The molecular weight excluding hydrogens is 287 g/mol. The number of nitrogens with two attached hydrogens (primary N) is 1. The number of sulfonamides is 1. The number of alkyl halides is 1. The number of hydrogen-bond donors (Lipinski definition) is 1. The molecule has 0 radical (unpaired) electrons. The number of hydrogen-bond acceptors (Lipinski definition) is 6. The van der Waals surface area contributed by atoms with Crippen LogP contribution in [0.4, 0.5) is 4.39 Å². The van der Waals surface area contributed by atoms with Gasteiger partial charge in [0.1, 0.15) is 6.17 Å². The molecule has 2 N–H and O–H groups in total. The summed E-state index contributed by atoms with van der Waals surface area (Å²) >= 11 is 0. The first-order valence-electron chi connectivity index (χ1n) is 5.90. The Morgan fingerprint density at radius 1 is 1.40 bits per heavy atom. The summed E-state index contributed by atoms with van der Waals surface area (Å²) in [5, 5.41) is 8.52. The van der Waals surface area contributed by atoms with Gasteiger partial charge in [-0.15, -0.1) is 0 Å². The van der Waals surface area contributed by atoms with E-state index in [4.69, 9.17) is 9.66 Å². The predicted molar refractivity (Wildman–Crippen MR) is 65.8 cm³/mol. The first kappa shape index (κ1) is 13.1. The van der Waals surface area contributed by atoms with E-state index in [1.807, 2.05) is 0 Å². The Labute approximate surface area is 114 Å². The van der Waals surface area contributed by atoms with E-state index in [2.05, 4.69) is 15.1 Å². The molecule has 2 aromatic rings. The molecule has 0 aromatic carbocycles. The number of aromatic nitrogens is 3. The van der Waals surface area contributed by atoms with Gasteiger partial charge in [0.05, 0.1) is 0 Å². The van der Waals surface area contributed by atoms with Crippen molar-refractivity contribution in [1.82, 2.24) is 15.1 Å². The lowest BCUT2D eigenvalue weighted by atomic mass is 9.83. The first-order chi connectivity index (χ1) is 9.43. The molecule has 0 saturated heterocycles. The van der Waals surface area contributed by atoms with Gasteiger partial charge in [-0.2, -0.15) is 4.98 Å². The van der Waals surface area contributed by atoms with Crippen LogP contribution in [0.15, 0.2) is 27.9 Å². The van der Waals surface area contributed by atoms with Crippen LogP contribution in [0.3, 0.4) is 0 Å². The minimum absolute atomic E-state index is 0.0398. The molecule has 0 aliphatic heterocycles. The highest BCUT2D eigenvalue weighted by atomic mass is 32.2. The second kappa shape index (κ2) is 4.60. The van der Waals surface area contributed by atoms with Crippen molar-refractivity contribution in [3.8, 4) is 11.5 Å². The standard InChI is InChI=1S/C11H11FN4O3S/c12-8-3-7(4-8)10-15-11(19-16-10)6-1-2-14-9(5-6)20(13,17)18/h1-2,5,7-8H,3-4H2,(H2,13,17,18). The Morgan fingerprint density at radius 3 is 2.80 bits per heavy atom. The van der Waals surface area contributed by atoms with Gasteiger partial charge in [-0.25, -0.2) is 22.9 Å². The fourth-order valence-electron chi connectivity index (χ4n) is 1.98. The van der Waals surface area contributed by atoms with Gasteiger partial charge in [-0.3, -0.25) is 0 Å². The van der Waals surface area contributed by atoms with Crippen molar-refractivity contribution < 1.29 is 17.3 Å². The summed E-state index contributed by atoms with van der Waals surface area (Å²) in [6.45, 7) is 0. The number of halogens is 1. The van der Waals surface area contributed by atoms with E-state index >= 15 is 0 Å². The van der Waals surface area contributed by atoms with Crippen LogP contribution in [0.1, 0.15) is 24.6 Å². The highest BCUT2D eigenvalue weighted by molar-refractivity contribution is 7.89. The summed E-state index contributed by atoms with van der Waals surface area (Å²) in [5.74, 6) is 0.555. The number of nitrogens with zero attached hydrogens (tertiary/aromatic N) is 3. The molecule has 0 atom stereocenters. The molecule has 1 aliphatic rings. The lowest BCUT2D eigenvalue weighted by Gasteiger charge is -2.26. The molecule has 1 fully saturated rings. The van der Waals surface area contributed by atoms with Crippen LogP contribution in [0.25, 0.3) is 11.5 Å². The Balaban J connectivity index is 1.90. The smallest absolute Gasteiger partial charge is 0.258 e. The summed E-state index contributed by atoms with van der Waals surface area (Å²) in [7, 11) is -3.89. The van der Waals surface area contributed by atoms with Crippen LogP contribution in [-0.2, 0) is 10.0 Å². The van der Waals surface area contributed by atoms with Crippen LogP contribution >= 0.6 is 0 Å². The van der Waals surface area contributed by atoms with Gasteiger partial charge in [0.25, 0.3) is 15.9 Å². The second-order valence-electron chi connectivity index (χ2n) is 4.65. The van der Waals surface area contributed by atoms with E-state index in [1.165, 1.54) is 18.3 Å². The van der Waals surface area contributed by atoms with Gasteiger partial charge in [0, 0.05) is 17.7 Å². The molecule has 0 unspecified atom stereocenters. The van der Waals surface area contributed by atoms with Gasteiger partial charge >= 0.3 is 0 Å². The maximum atomic E-state index is 12.8. The second-order valence-corrected chi connectivity index (χ2v) is 6.16.